The number of rotatable bonds is 8. The third-order valence-electron chi connectivity index (χ3n) is 17.7. The molecule has 2 aromatic rings. The van der Waals surface area contributed by atoms with Crippen LogP contribution in [0, 0.1) is 23.7 Å². The van der Waals surface area contributed by atoms with E-state index in [4.69, 9.17) is 11.6 Å². The molecule has 9 aliphatic rings. The van der Waals surface area contributed by atoms with Crippen LogP contribution < -0.4 is 10.2 Å². The molecule has 5 atom stereocenters. The average molecular weight is 830 g/mol. The molecule has 5 aliphatic heterocycles. The van der Waals surface area contributed by atoms with Crippen molar-refractivity contribution in [1.82, 2.24) is 15.1 Å². The SMILES string of the molecule is O=C1CCC(c2ccc(CC3CCN(CCC4CCC(N5CCC(c6ccc7c(c6)N6C8CC=CC(Cl)=C8C(=O)C8C6C8C76CCCCC6)CC5)CC4)CC3)cc2)C(=O)N1. The molecule has 1 spiro atoms. The van der Waals surface area contributed by atoms with Crippen molar-refractivity contribution in [3.8, 4) is 0 Å². The summed E-state index contributed by atoms with van der Waals surface area (Å²) in [6, 6.07) is 17.5. The maximum atomic E-state index is 14.0. The van der Waals surface area contributed by atoms with Gasteiger partial charge in [-0.25, -0.2) is 0 Å². The molecule has 11 rings (SSSR count). The Balaban J connectivity index is 0.649. The van der Waals surface area contributed by atoms with E-state index in [1.807, 2.05) is 6.08 Å². The zero-order valence-corrected chi connectivity index (χ0v) is 36.4. The second kappa shape index (κ2) is 16.1. The number of piperidine rings is 4. The van der Waals surface area contributed by atoms with Gasteiger partial charge in [0.15, 0.2) is 5.78 Å². The van der Waals surface area contributed by atoms with E-state index in [9.17, 15) is 14.4 Å². The molecule has 7 fully saturated rings. The van der Waals surface area contributed by atoms with E-state index in [0.29, 0.717) is 41.5 Å². The highest BCUT2D eigenvalue weighted by Gasteiger charge is 2.73. The molecule has 0 radical (unpaired) electrons. The lowest BCUT2D eigenvalue weighted by molar-refractivity contribution is -0.134. The number of carbonyl (C=O) groups is 3. The average Bonchev–Trinajstić information content (AvgIpc) is 4.04. The van der Waals surface area contributed by atoms with E-state index >= 15 is 0 Å². The number of ketones is 1. The van der Waals surface area contributed by atoms with Crippen molar-refractivity contribution in [2.75, 3.05) is 37.6 Å². The van der Waals surface area contributed by atoms with Gasteiger partial charge in [0.1, 0.15) is 0 Å². The van der Waals surface area contributed by atoms with Gasteiger partial charge in [0, 0.05) is 52.0 Å². The Labute approximate surface area is 362 Å². The molecule has 8 heteroatoms. The number of benzene rings is 2. The van der Waals surface area contributed by atoms with Crippen LogP contribution in [0.3, 0.4) is 0 Å². The lowest BCUT2D eigenvalue weighted by atomic mass is 9.63. The number of halogens is 1. The fourth-order valence-electron chi connectivity index (χ4n) is 14.4. The Morgan fingerprint density at radius 3 is 2.28 bits per heavy atom. The molecule has 7 nitrogen and oxygen atoms in total. The van der Waals surface area contributed by atoms with E-state index in [-0.39, 0.29) is 35.1 Å². The number of hydrogen-bond donors (Lipinski definition) is 1. The van der Waals surface area contributed by atoms with E-state index in [0.717, 1.165) is 41.9 Å². The Morgan fingerprint density at radius 1 is 0.783 bits per heavy atom. The fraction of sp³-hybridized carbons (Fsp3) is 0.635. The normalized spacial score (nSPS) is 33.4. The Bertz CT molecular complexity index is 2050. The van der Waals surface area contributed by atoms with Crippen molar-refractivity contribution >= 4 is 34.9 Å². The molecule has 2 aromatic carbocycles. The predicted octanol–water partition coefficient (Wildman–Crippen LogP) is 9.33. The number of anilines is 1. The highest BCUT2D eigenvalue weighted by Crippen LogP contribution is 2.69. The summed E-state index contributed by atoms with van der Waals surface area (Å²) < 4.78 is 0. The largest absolute Gasteiger partial charge is 0.360 e. The number of fused-ring (bicyclic) bond motifs is 7. The zero-order valence-electron chi connectivity index (χ0n) is 35.6. The van der Waals surface area contributed by atoms with Crippen molar-refractivity contribution in [2.24, 2.45) is 23.7 Å². The van der Waals surface area contributed by atoms with Crippen molar-refractivity contribution in [3.63, 3.8) is 0 Å². The van der Waals surface area contributed by atoms with Crippen LogP contribution in [0.4, 0.5) is 5.69 Å². The summed E-state index contributed by atoms with van der Waals surface area (Å²) in [5, 5.41) is 3.18. The van der Waals surface area contributed by atoms with Gasteiger partial charge in [-0.05, 0) is 175 Å². The monoisotopic (exact) mass is 828 g/mol. The molecule has 4 aliphatic carbocycles. The van der Waals surface area contributed by atoms with Crippen LogP contribution in [0.2, 0.25) is 0 Å². The third-order valence-corrected chi connectivity index (χ3v) is 18.0. The molecule has 5 heterocycles. The zero-order chi connectivity index (χ0) is 40.5. The van der Waals surface area contributed by atoms with Crippen LogP contribution in [-0.2, 0) is 26.2 Å². The summed E-state index contributed by atoms with van der Waals surface area (Å²) in [6.45, 7) is 6.14. The smallest absolute Gasteiger partial charge is 0.234 e. The number of carbonyl (C=O) groups excluding carboxylic acids is 3. The summed E-state index contributed by atoms with van der Waals surface area (Å²) in [4.78, 5) is 46.2. The maximum Gasteiger partial charge on any atom is 0.234 e. The lowest BCUT2D eigenvalue weighted by Crippen LogP contribution is -2.50. The van der Waals surface area contributed by atoms with Gasteiger partial charge in [-0.1, -0.05) is 73.3 Å². The summed E-state index contributed by atoms with van der Waals surface area (Å²) in [7, 11) is 0. The second-order valence-electron chi connectivity index (χ2n) is 20.7. The molecule has 60 heavy (non-hydrogen) atoms. The first-order valence-electron chi connectivity index (χ1n) is 24.3. The molecular formula is C52H65ClN4O3. The quantitative estimate of drug-likeness (QED) is 0.268. The number of allylic oxidation sites excluding steroid dienone is 2. The van der Waals surface area contributed by atoms with Gasteiger partial charge >= 0.3 is 0 Å². The second-order valence-corrected chi connectivity index (χ2v) is 21.1. The van der Waals surface area contributed by atoms with Crippen molar-refractivity contribution < 1.29 is 14.4 Å². The lowest BCUT2D eigenvalue weighted by Gasteiger charge is -2.49. The number of nitrogens with one attached hydrogen (secondary N) is 1. The van der Waals surface area contributed by atoms with Gasteiger partial charge in [0.2, 0.25) is 11.8 Å². The van der Waals surface area contributed by atoms with Crippen LogP contribution >= 0.6 is 11.6 Å². The fourth-order valence-corrected chi connectivity index (χ4v) is 14.7. The van der Waals surface area contributed by atoms with Crippen LogP contribution in [0.15, 0.2) is 65.2 Å². The van der Waals surface area contributed by atoms with Crippen molar-refractivity contribution in [1.29, 1.82) is 0 Å². The molecule has 318 valence electrons. The predicted molar refractivity (Wildman–Crippen MR) is 238 cm³/mol. The van der Waals surface area contributed by atoms with Gasteiger partial charge in [-0.2, -0.15) is 0 Å². The highest BCUT2D eigenvalue weighted by molar-refractivity contribution is 6.34. The van der Waals surface area contributed by atoms with Gasteiger partial charge in [-0.15, -0.1) is 0 Å². The van der Waals surface area contributed by atoms with E-state index in [1.54, 1.807) is 5.56 Å². The minimum atomic E-state index is -0.198. The topological polar surface area (TPSA) is 73.0 Å². The van der Waals surface area contributed by atoms with Crippen LogP contribution in [-0.4, -0.2) is 78.2 Å². The molecule has 4 saturated heterocycles. The van der Waals surface area contributed by atoms with Gasteiger partial charge in [0.05, 0.1) is 12.0 Å². The third kappa shape index (κ3) is 7.05. The Kier molecular flexibility index (Phi) is 10.6. The maximum absolute atomic E-state index is 14.0. The molecule has 0 bridgehead atoms. The highest BCUT2D eigenvalue weighted by atomic mass is 35.5. The summed E-state index contributed by atoms with van der Waals surface area (Å²) in [5.41, 5.74) is 8.01. The van der Waals surface area contributed by atoms with Gasteiger partial charge < -0.3 is 14.7 Å². The summed E-state index contributed by atoms with van der Waals surface area (Å²) in [5.74, 6) is 2.67. The van der Waals surface area contributed by atoms with Crippen LogP contribution in [0.25, 0.3) is 0 Å². The first kappa shape index (κ1) is 39.6. The Morgan fingerprint density at radius 2 is 1.53 bits per heavy atom. The van der Waals surface area contributed by atoms with E-state index in [2.05, 4.69) is 68.6 Å². The van der Waals surface area contributed by atoms with E-state index in [1.165, 1.54) is 139 Å². The summed E-state index contributed by atoms with van der Waals surface area (Å²) in [6.07, 6.45) is 25.5. The molecule has 5 unspecified atom stereocenters. The molecule has 1 N–H and O–H groups in total. The van der Waals surface area contributed by atoms with Crippen molar-refractivity contribution in [2.45, 2.75) is 151 Å². The molecule has 2 amide bonds. The first-order chi connectivity index (χ1) is 29.3. The number of nitrogens with zero attached hydrogens (tertiary/aromatic N) is 3. The standard InChI is InChI=1S/C52H65ClN4O3/c53-42-5-4-6-43-46(42)50(59)47-48-49(47)57(43)44-32-38(13-17-41(44)52(48)24-2-1-3-25-52)36-22-29-56(30-23-36)39-14-9-33(10-15-39)19-26-55-27-20-35(21-28-55)31-34-7-11-37(12-8-34)40-16-18-45(58)54-51(40)60/h4-5,7-8,11-13,17,32-33,35-36,39-40,43,47-49H,1-3,6,9-10,14-16,18-31H2,(H,54,58,60). The molecule has 3 saturated carbocycles. The number of amides is 2. The van der Waals surface area contributed by atoms with Crippen LogP contribution in [0.1, 0.15) is 143 Å². The summed E-state index contributed by atoms with van der Waals surface area (Å²) >= 11 is 6.83. The number of Topliss-reactive ketones (excluding diaryl/α,β-unsaturated/α-hetero) is 1. The minimum Gasteiger partial charge on any atom is -0.360 e. The van der Waals surface area contributed by atoms with E-state index < -0.39 is 0 Å². The Hall–Kier alpha value is -3.26. The van der Waals surface area contributed by atoms with Crippen molar-refractivity contribution in [3.05, 3.63) is 87.5 Å². The number of hydrogen-bond acceptors (Lipinski definition) is 6. The van der Waals surface area contributed by atoms with Gasteiger partial charge in [0.25, 0.3) is 0 Å². The number of likely N-dealkylation sites (tertiary alicyclic amines) is 2. The van der Waals surface area contributed by atoms with Gasteiger partial charge in [-0.3, -0.25) is 19.7 Å². The van der Waals surface area contributed by atoms with Crippen LogP contribution in [0.5, 0.6) is 0 Å². The number of imide groups is 1. The first-order valence-corrected chi connectivity index (χ1v) is 24.6. The minimum absolute atomic E-state index is 0.0945. The molecule has 0 aromatic heterocycles. The molecular weight excluding hydrogens is 764 g/mol.